The summed E-state index contributed by atoms with van der Waals surface area (Å²) in [6, 6.07) is 8.59. The van der Waals surface area contributed by atoms with Gasteiger partial charge in [-0.3, -0.25) is 9.88 Å². The van der Waals surface area contributed by atoms with Gasteiger partial charge in [-0.2, -0.15) is 0 Å². The summed E-state index contributed by atoms with van der Waals surface area (Å²) in [4.78, 5) is 6.59. The maximum atomic E-state index is 6.27. The van der Waals surface area contributed by atoms with Crippen LogP contribution in [-0.4, -0.2) is 29.6 Å². The largest absolute Gasteiger partial charge is 0.493 e. The van der Waals surface area contributed by atoms with Crippen molar-refractivity contribution in [2.75, 3.05) is 13.7 Å². The van der Waals surface area contributed by atoms with Crippen molar-refractivity contribution in [1.29, 1.82) is 0 Å². The zero-order valence-corrected chi connectivity index (χ0v) is 14.9. The van der Waals surface area contributed by atoms with Crippen molar-refractivity contribution in [3.8, 4) is 11.5 Å². The summed E-state index contributed by atoms with van der Waals surface area (Å²) in [5.41, 5.74) is 4.07. The molecule has 1 saturated carbocycles. The fourth-order valence-electron chi connectivity index (χ4n) is 3.94. The van der Waals surface area contributed by atoms with Gasteiger partial charge in [-0.1, -0.05) is 0 Å². The summed E-state index contributed by atoms with van der Waals surface area (Å²) >= 11 is 0. The van der Waals surface area contributed by atoms with Crippen molar-refractivity contribution < 1.29 is 9.47 Å². The second-order valence-corrected chi connectivity index (χ2v) is 7.11. The Labute approximate surface area is 149 Å². The van der Waals surface area contributed by atoms with Gasteiger partial charge in [0, 0.05) is 32.0 Å². The normalized spacial score (nSPS) is 18.1. The van der Waals surface area contributed by atoms with Crippen LogP contribution in [0.2, 0.25) is 0 Å². The van der Waals surface area contributed by atoms with Crippen LogP contribution >= 0.6 is 0 Å². The Morgan fingerprint density at radius 2 is 1.84 bits per heavy atom. The smallest absolute Gasteiger partial charge is 0.161 e. The SMILES string of the molecule is COc1cc2c(cc1OC1CCCC1)CN(Cc1ccncc1)CC2. The van der Waals surface area contributed by atoms with Crippen molar-refractivity contribution in [2.24, 2.45) is 0 Å². The highest BCUT2D eigenvalue weighted by molar-refractivity contribution is 5.48. The van der Waals surface area contributed by atoms with Gasteiger partial charge < -0.3 is 9.47 Å². The lowest BCUT2D eigenvalue weighted by Crippen LogP contribution is -2.30. The van der Waals surface area contributed by atoms with E-state index in [-0.39, 0.29) is 0 Å². The van der Waals surface area contributed by atoms with E-state index in [9.17, 15) is 0 Å². The van der Waals surface area contributed by atoms with Crippen LogP contribution in [0.3, 0.4) is 0 Å². The third-order valence-corrected chi connectivity index (χ3v) is 5.33. The molecular formula is C21H26N2O2. The van der Waals surface area contributed by atoms with Crippen LogP contribution in [0.4, 0.5) is 0 Å². The molecule has 4 rings (SSSR count). The molecular weight excluding hydrogens is 312 g/mol. The standard InChI is InChI=1S/C21H26N2O2/c1-24-20-12-17-8-11-23(14-16-6-9-22-10-7-16)15-18(17)13-21(20)25-19-4-2-3-5-19/h6-7,9-10,12-13,19H,2-5,8,11,14-15H2,1H3. The minimum Gasteiger partial charge on any atom is -0.493 e. The molecule has 0 N–H and O–H groups in total. The molecule has 1 aliphatic carbocycles. The number of benzene rings is 1. The first-order valence-corrected chi connectivity index (χ1v) is 9.29. The predicted octanol–water partition coefficient (Wildman–Crippen LogP) is 3.97. The zero-order valence-electron chi connectivity index (χ0n) is 14.9. The first-order chi connectivity index (χ1) is 12.3. The van der Waals surface area contributed by atoms with E-state index in [2.05, 4.69) is 34.1 Å². The Morgan fingerprint density at radius 1 is 1.08 bits per heavy atom. The van der Waals surface area contributed by atoms with Crippen LogP contribution in [0.1, 0.15) is 42.4 Å². The van der Waals surface area contributed by atoms with Gasteiger partial charge in [0.15, 0.2) is 11.5 Å². The number of pyridine rings is 1. The van der Waals surface area contributed by atoms with Crippen LogP contribution in [0.25, 0.3) is 0 Å². The Hall–Kier alpha value is -2.07. The van der Waals surface area contributed by atoms with Crippen molar-refractivity contribution in [3.05, 3.63) is 53.3 Å². The van der Waals surface area contributed by atoms with Crippen LogP contribution in [0, 0.1) is 0 Å². The molecule has 1 fully saturated rings. The van der Waals surface area contributed by atoms with E-state index in [4.69, 9.17) is 9.47 Å². The highest BCUT2D eigenvalue weighted by Crippen LogP contribution is 2.36. The topological polar surface area (TPSA) is 34.6 Å². The number of aromatic nitrogens is 1. The van der Waals surface area contributed by atoms with Crippen LogP contribution in [-0.2, 0) is 19.5 Å². The second kappa shape index (κ2) is 7.44. The zero-order chi connectivity index (χ0) is 17.1. The van der Waals surface area contributed by atoms with Crippen molar-refractivity contribution in [1.82, 2.24) is 9.88 Å². The van der Waals surface area contributed by atoms with E-state index in [0.717, 1.165) is 50.4 Å². The molecule has 25 heavy (non-hydrogen) atoms. The van der Waals surface area contributed by atoms with Gasteiger partial charge in [0.1, 0.15) is 0 Å². The molecule has 1 aromatic heterocycles. The maximum Gasteiger partial charge on any atom is 0.161 e. The van der Waals surface area contributed by atoms with Gasteiger partial charge in [0.2, 0.25) is 0 Å². The number of hydrogen-bond acceptors (Lipinski definition) is 4. The quantitative estimate of drug-likeness (QED) is 0.826. The average Bonchev–Trinajstić information content (AvgIpc) is 3.15. The first kappa shape index (κ1) is 16.4. The summed E-state index contributed by atoms with van der Waals surface area (Å²) in [7, 11) is 1.74. The number of fused-ring (bicyclic) bond motifs is 1. The van der Waals surface area contributed by atoms with Gasteiger partial charge >= 0.3 is 0 Å². The molecule has 0 bridgehead atoms. The summed E-state index contributed by atoms with van der Waals surface area (Å²) in [5.74, 6) is 1.80. The van der Waals surface area contributed by atoms with Gasteiger partial charge in [-0.15, -0.1) is 0 Å². The van der Waals surface area contributed by atoms with Crippen LogP contribution in [0.5, 0.6) is 11.5 Å². The van der Waals surface area contributed by atoms with Gasteiger partial charge in [-0.25, -0.2) is 0 Å². The minimum atomic E-state index is 0.350. The lowest BCUT2D eigenvalue weighted by molar-refractivity contribution is 0.198. The molecule has 0 amide bonds. The molecule has 4 heteroatoms. The second-order valence-electron chi connectivity index (χ2n) is 7.11. The van der Waals surface area contributed by atoms with Crippen molar-refractivity contribution in [2.45, 2.75) is 51.3 Å². The van der Waals surface area contributed by atoms with Crippen molar-refractivity contribution >= 4 is 0 Å². The van der Waals surface area contributed by atoms with E-state index < -0.39 is 0 Å². The summed E-state index contributed by atoms with van der Waals surface area (Å²) in [6.45, 7) is 3.00. The first-order valence-electron chi connectivity index (χ1n) is 9.29. The fraction of sp³-hybridized carbons (Fsp3) is 0.476. The summed E-state index contributed by atoms with van der Waals surface area (Å²) in [6.07, 6.45) is 10.0. The van der Waals surface area contributed by atoms with Gasteiger partial charge in [0.05, 0.1) is 13.2 Å². The van der Waals surface area contributed by atoms with E-state index in [0.29, 0.717) is 6.10 Å². The maximum absolute atomic E-state index is 6.27. The Balaban J connectivity index is 1.51. The molecule has 132 valence electrons. The molecule has 1 aromatic carbocycles. The summed E-state index contributed by atoms with van der Waals surface area (Å²) in [5, 5.41) is 0. The summed E-state index contributed by atoms with van der Waals surface area (Å²) < 4.78 is 11.9. The predicted molar refractivity (Wildman–Crippen MR) is 97.9 cm³/mol. The molecule has 2 aromatic rings. The highest BCUT2D eigenvalue weighted by atomic mass is 16.5. The molecule has 2 aliphatic rings. The molecule has 4 nitrogen and oxygen atoms in total. The van der Waals surface area contributed by atoms with Gasteiger partial charge in [-0.05, 0) is 73.1 Å². The number of ether oxygens (including phenoxy) is 2. The lowest BCUT2D eigenvalue weighted by Gasteiger charge is -2.30. The molecule has 0 unspecified atom stereocenters. The van der Waals surface area contributed by atoms with E-state index >= 15 is 0 Å². The van der Waals surface area contributed by atoms with E-state index in [1.54, 1.807) is 7.11 Å². The Kier molecular flexibility index (Phi) is 4.88. The Morgan fingerprint density at radius 3 is 2.60 bits per heavy atom. The molecule has 1 aliphatic heterocycles. The monoisotopic (exact) mass is 338 g/mol. The van der Waals surface area contributed by atoms with Crippen LogP contribution < -0.4 is 9.47 Å². The number of hydrogen-bond donors (Lipinski definition) is 0. The minimum absolute atomic E-state index is 0.350. The third kappa shape index (κ3) is 3.79. The van der Waals surface area contributed by atoms with E-state index in [1.165, 1.54) is 29.5 Å². The third-order valence-electron chi connectivity index (χ3n) is 5.33. The van der Waals surface area contributed by atoms with E-state index in [1.807, 2.05) is 12.4 Å². The van der Waals surface area contributed by atoms with Crippen LogP contribution in [0.15, 0.2) is 36.7 Å². The lowest BCUT2D eigenvalue weighted by atomic mass is 9.98. The molecule has 0 spiro atoms. The number of rotatable bonds is 5. The van der Waals surface area contributed by atoms with Gasteiger partial charge in [0.25, 0.3) is 0 Å². The average molecular weight is 338 g/mol. The number of methoxy groups -OCH3 is 1. The Bertz CT molecular complexity index is 711. The molecule has 0 atom stereocenters. The molecule has 0 saturated heterocycles. The molecule has 2 heterocycles. The fourth-order valence-corrected chi connectivity index (χ4v) is 3.94. The molecule has 0 radical (unpaired) electrons. The number of nitrogens with zero attached hydrogens (tertiary/aromatic N) is 2. The highest BCUT2D eigenvalue weighted by Gasteiger charge is 2.22. The van der Waals surface area contributed by atoms with Crippen molar-refractivity contribution in [3.63, 3.8) is 0 Å².